The van der Waals surface area contributed by atoms with Crippen LogP contribution in [0.4, 0.5) is 19.0 Å². The van der Waals surface area contributed by atoms with E-state index in [1.165, 1.54) is 4.90 Å². The molecule has 4 nitrogen and oxygen atoms in total. The second-order valence-corrected chi connectivity index (χ2v) is 4.89. The molecule has 106 valence electrons. The van der Waals surface area contributed by atoms with Crippen molar-refractivity contribution in [1.82, 2.24) is 10.2 Å². The van der Waals surface area contributed by atoms with Crippen molar-refractivity contribution in [3.63, 3.8) is 0 Å². The lowest BCUT2D eigenvalue weighted by Gasteiger charge is -2.27. The zero-order chi connectivity index (χ0) is 14.2. The highest BCUT2D eigenvalue weighted by Crippen LogP contribution is 2.35. The van der Waals surface area contributed by atoms with Crippen LogP contribution in [0.15, 0.2) is 0 Å². The van der Waals surface area contributed by atoms with Gasteiger partial charge < -0.3 is 10.6 Å². The lowest BCUT2D eigenvalue weighted by atomic mass is 10.1. The van der Waals surface area contributed by atoms with Crippen LogP contribution < -0.4 is 10.6 Å². The Morgan fingerprint density at radius 3 is 2.37 bits per heavy atom. The second kappa shape index (κ2) is 4.96. The Bertz CT molecular complexity index is 469. The molecule has 1 fully saturated rings. The molecule has 19 heavy (non-hydrogen) atoms. The minimum Gasteiger partial charge on any atom is -0.343 e. The highest BCUT2D eigenvalue weighted by atomic mass is 19.4. The summed E-state index contributed by atoms with van der Waals surface area (Å²) in [5.41, 5.74) is 7.84. The molecule has 0 bridgehead atoms. The minimum atomic E-state index is -4.26. The van der Waals surface area contributed by atoms with Gasteiger partial charge in [-0.25, -0.2) is 0 Å². The molecule has 1 aliphatic carbocycles. The molecule has 0 amide bonds. The Kier molecular flexibility index (Phi) is 3.66. The highest BCUT2D eigenvalue weighted by Gasteiger charge is 2.39. The molecule has 1 saturated carbocycles. The Labute approximate surface area is 109 Å². The van der Waals surface area contributed by atoms with E-state index < -0.39 is 12.7 Å². The Balaban J connectivity index is 2.39. The number of hydrogen-bond acceptors (Lipinski definition) is 4. The molecule has 0 atom stereocenters. The molecular weight excluding hydrogens is 257 g/mol. The summed E-state index contributed by atoms with van der Waals surface area (Å²) in [7, 11) is 0. The average Bonchev–Trinajstić information content (AvgIpc) is 3.12. The fourth-order valence-corrected chi connectivity index (χ4v) is 2.08. The number of aryl methyl sites for hydroxylation is 1. The van der Waals surface area contributed by atoms with Gasteiger partial charge in [0.05, 0.1) is 5.69 Å². The molecule has 0 spiro atoms. The SMILES string of the molecule is Cc1nnc(N(CC(F)(F)F)C2CC2)c(CN)c1C. The summed E-state index contributed by atoms with van der Waals surface area (Å²) in [5.74, 6) is 0.283. The van der Waals surface area contributed by atoms with Crippen molar-refractivity contribution >= 4 is 5.82 Å². The quantitative estimate of drug-likeness (QED) is 0.913. The van der Waals surface area contributed by atoms with E-state index in [1.54, 1.807) is 6.92 Å². The fourth-order valence-electron chi connectivity index (χ4n) is 2.08. The predicted octanol–water partition coefficient (Wildman–Crippen LogP) is 2.08. The minimum absolute atomic E-state index is 0.0941. The third kappa shape index (κ3) is 3.15. The van der Waals surface area contributed by atoms with Crippen LogP contribution in [-0.4, -0.2) is 29.0 Å². The van der Waals surface area contributed by atoms with Crippen LogP contribution in [0, 0.1) is 13.8 Å². The van der Waals surface area contributed by atoms with Crippen LogP contribution in [0.5, 0.6) is 0 Å². The molecule has 2 rings (SSSR count). The Hall–Kier alpha value is -1.37. The van der Waals surface area contributed by atoms with E-state index in [2.05, 4.69) is 10.2 Å². The van der Waals surface area contributed by atoms with Crippen LogP contribution in [0.25, 0.3) is 0 Å². The number of nitrogens with zero attached hydrogens (tertiary/aromatic N) is 3. The van der Waals surface area contributed by atoms with Gasteiger partial charge in [-0.2, -0.15) is 18.3 Å². The van der Waals surface area contributed by atoms with Crippen molar-refractivity contribution in [1.29, 1.82) is 0 Å². The first-order valence-corrected chi connectivity index (χ1v) is 6.19. The van der Waals surface area contributed by atoms with Crippen molar-refractivity contribution in [2.75, 3.05) is 11.4 Å². The van der Waals surface area contributed by atoms with E-state index in [9.17, 15) is 13.2 Å². The molecule has 2 N–H and O–H groups in total. The third-order valence-electron chi connectivity index (χ3n) is 3.37. The number of aromatic nitrogens is 2. The predicted molar refractivity (Wildman–Crippen MR) is 65.8 cm³/mol. The van der Waals surface area contributed by atoms with Crippen LogP contribution in [0.2, 0.25) is 0 Å². The molecule has 0 unspecified atom stereocenters. The van der Waals surface area contributed by atoms with Gasteiger partial charge >= 0.3 is 6.18 Å². The van der Waals surface area contributed by atoms with E-state index in [1.807, 2.05) is 6.92 Å². The van der Waals surface area contributed by atoms with Crippen molar-refractivity contribution in [3.05, 3.63) is 16.8 Å². The number of hydrogen-bond donors (Lipinski definition) is 1. The van der Waals surface area contributed by atoms with E-state index in [-0.39, 0.29) is 18.4 Å². The van der Waals surface area contributed by atoms with Gasteiger partial charge in [0, 0.05) is 18.2 Å². The van der Waals surface area contributed by atoms with Crippen molar-refractivity contribution in [3.8, 4) is 0 Å². The van der Waals surface area contributed by atoms with Gasteiger partial charge in [-0.3, -0.25) is 0 Å². The Morgan fingerprint density at radius 2 is 1.89 bits per heavy atom. The number of alkyl halides is 3. The maximum absolute atomic E-state index is 12.7. The molecule has 0 saturated heterocycles. The van der Waals surface area contributed by atoms with E-state index >= 15 is 0 Å². The van der Waals surface area contributed by atoms with Gasteiger partial charge in [-0.05, 0) is 32.3 Å². The average molecular weight is 274 g/mol. The van der Waals surface area contributed by atoms with Gasteiger partial charge in [-0.1, -0.05) is 0 Å². The van der Waals surface area contributed by atoms with Crippen LogP contribution in [-0.2, 0) is 6.54 Å². The molecule has 1 aromatic rings. The molecular formula is C12H17F3N4. The monoisotopic (exact) mass is 274 g/mol. The molecule has 0 aliphatic heterocycles. The first kappa shape index (κ1) is 14.0. The summed E-state index contributed by atoms with van der Waals surface area (Å²) in [5, 5.41) is 7.89. The van der Waals surface area contributed by atoms with Crippen LogP contribution in [0.1, 0.15) is 29.7 Å². The van der Waals surface area contributed by atoms with Crippen molar-refractivity contribution < 1.29 is 13.2 Å². The molecule has 1 heterocycles. The topological polar surface area (TPSA) is 55.0 Å². The number of halogens is 3. The first-order chi connectivity index (χ1) is 8.83. The lowest BCUT2D eigenvalue weighted by Crippen LogP contribution is -2.37. The van der Waals surface area contributed by atoms with Gasteiger partial charge in [0.25, 0.3) is 0 Å². The fraction of sp³-hybridized carbons (Fsp3) is 0.667. The van der Waals surface area contributed by atoms with E-state index in [4.69, 9.17) is 5.73 Å². The second-order valence-electron chi connectivity index (χ2n) is 4.89. The van der Waals surface area contributed by atoms with Crippen molar-refractivity contribution in [2.45, 2.75) is 45.5 Å². The summed E-state index contributed by atoms with van der Waals surface area (Å²) >= 11 is 0. The first-order valence-electron chi connectivity index (χ1n) is 6.19. The smallest absolute Gasteiger partial charge is 0.343 e. The number of nitrogens with two attached hydrogens (primary N) is 1. The molecule has 7 heteroatoms. The molecule has 0 radical (unpaired) electrons. The van der Waals surface area contributed by atoms with E-state index in [0.29, 0.717) is 11.3 Å². The highest BCUT2D eigenvalue weighted by molar-refractivity contribution is 5.52. The summed E-state index contributed by atoms with van der Waals surface area (Å²) in [4.78, 5) is 1.29. The largest absolute Gasteiger partial charge is 0.405 e. The van der Waals surface area contributed by atoms with Gasteiger partial charge in [-0.15, -0.1) is 5.10 Å². The number of anilines is 1. The third-order valence-corrected chi connectivity index (χ3v) is 3.37. The van der Waals surface area contributed by atoms with Crippen molar-refractivity contribution in [2.24, 2.45) is 5.73 Å². The zero-order valence-corrected chi connectivity index (χ0v) is 11.0. The molecule has 1 aliphatic rings. The lowest BCUT2D eigenvalue weighted by molar-refractivity contribution is -0.120. The van der Waals surface area contributed by atoms with Crippen LogP contribution in [0.3, 0.4) is 0 Å². The van der Waals surface area contributed by atoms with Crippen LogP contribution >= 0.6 is 0 Å². The van der Waals surface area contributed by atoms with Gasteiger partial charge in [0.1, 0.15) is 6.54 Å². The maximum Gasteiger partial charge on any atom is 0.405 e. The van der Waals surface area contributed by atoms with Gasteiger partial charge in [0.15, 0.2) is 5.82 Å². The summed E-state index contributed by atoms with van der Waals surface area (Å²) < 4.78 is 38.0. The normalized spacial score (nSPS) is 15.7. The molecule has 0 aromatic carbocycles. The van der Waals surface area contributed by atoms with Gasteiger partial charge in [0.2, 0.25) is 0 Å². The summed E-state index contributed by atoms with van der Waals surface area (Å²) in [6.45, 7) is 2.76. The Morgan fingerprint density at radius 1 is 1.26 bits per heavy atom. The maximum atomic E-state index is 12.7. The molecule has 1 aromatic heterocycles. The zero-order valence-electron chi connectivity index (χ0n) is 11.0. The number of rotatable bonds is 4. The summed E-state index contributed by atoms with van der Waals surface area (Å²) in [6.07, 6.45) is -2.74. The standard InChI is InChI=1S/C12H17F3N4/c1-7-8(2)17-18-11(10(7)5-16)19(9-3-4-9)6-12(13,14)15/h9H,3-6,16H2,1-2H3. The summed E-state index contributed by atoms with van der Waals surface area (Å²) in [6, 6.07) is -0.0941. The van der Waals surface area contributed by atoms with E-state index in [0.717, 1.165) is 18.4 Å².